The molecule has 2 bridgehead atoms. The van der Waals surface area contributed by atoms with Gasteiger partial charge in [0, 0.05) is 11.8 Å². The predicted molar refractivity (Wildman–Crippen MR) is 50.9 cm³/mol. The summed E-state index contributed by atoms with van der Waals surface area (Å²) in [5.74, 6) is -0.513. The number of hydrogen-bond donors (Lipinski definition) is 0. The molecular weight excluding hydrogens is 212 g/mol. The molecule has 3 rings (SSSR count). The molecule has 0 amide bonds. The van der Waals surface area contributed by atoms with Crippen LogP contribution in [0.4, 0.5) is 0 Å². The van der Waals surface area contributed by atoms with Crippen LogP contribution in [-0.2, 0) is 9.84 Å². The Morgan fingerprint density at radius 2 is 1.60 bits per heavy atom. The van der Waals surface area contributed by atoms with Gasteiger partial charge in [-0.1, -0.05) is 12.2 Å². The Morgan fingerprint density at radius 3 is 2.00 bits per heavy atom. The first kappa shape index (κ1) is 8.70. The van der Waals surface area contributed by atoms with E-state index in [0.29, 0.717) is 0 Å². The lowest BCUT2D eigenvalue weighted by molar-refractivity contribution is 0.570. The minimum atomic E-state index is -3.75. The Morgan fingerprint density at radius 1 is 1.07 bits per heavy atom. The molecule has 0 spiro atoms. The van der Waals surface area contributed by atoms with Gasteiger partial charge in [-0.25, -0.2) is 8.42 Å². The summed E-state index contributed by atoms with van der Waals surface area (Å²) in [6, 6.07) is 3.69. The fourth-order valence-electron chi connectivity index (χ4n) is 2.65. The molecule has 0 aromatic carbocycles. The van der Waals surface area contributed by atoms with Crippen molar-refractivity contribution in [3.63, 3.8) is 0 Å². The Labute approximate surface area is 87.0 Å². The smallest absolute Gasteiger partial charge is 0.196 e. The van der Waals surface area contributed by atoms with Gasteiger partial charge >= 0.3 is 0 Å². The maximum atomic E-state index is 12.2. The van der Waals surface area contributed by atoms with Gasteiger partial charge in [-0.15, -0.1) is 0 Å². The highest BCUT2D eigenvalue weighted by Gasteiger charge is 2.79. The number of allylic oxidation sites excluding steroid dienone is 2. The van der Waals surface area contributed by atoms with Crippen molar-refractivity contribution in [3.05, 3.63) is 24.3 Å². The molecule has 1 saturated carbocycles. The van der Waals surface area contributed by atoms with E-state index in [1.807, 2.05) is 6.07 Å². The zero-order valence-electron chi connectivity index (χ0n) is 7.58. The summed E-state index contributed by atoms with van der Waals surface area (Å²) < 4.78 is 21.4. The zero-order chi connectivity index (χ0) is 10.9. The highest BCUT2D eigenvalue weighted by Crippen LogP contribution is 2.65. The lowest BCUT2D eigenvalue weighted by atomic mass is 10.1. The Hall–Kier alpha value is -1.59. The number of nitrogens with zero attached hydrogens (tertiary/aromatic N) is 2. The van der Waals surface area contributed by atoms with Gasteiger partial charge in [-0.2, -0.15) is 10.5 Å². The van der Waals surface area contributed by atoms with Crippen molar-refractivity contribution >= 4 is 9.84 Å². The van der Waals surface area contributed by atoms with E-state index in [9.17, 15) is 8.42 Å². The van der Waals surface area contributed by atoms with Crippen molar-refractivity contribution in [2.75, 3.05) is 0 Å². The largest absolute Gasteiger partial charge is 0.225 e. The molecule has 2 atom stereocenters. The average Bonchev–Trinajstić information content (AvgIpc) is 2.89. The van der Waals surface area contributed by atoms with Crippen molar-refractivity contribution in [1.82, 2.24) is 0 Å². The third-order valence-corrected chi connectivity index (χ3v) is 6.39. The molecule has 1 aliphatic carbocycles. The number of fused-ring (bicyclic) bond motifs is 2. The number of rotatable bonds is 0. The molecule has 2 aliphatic heterocycles. The van der Waals surface area contributed by atoms with E-state index < -0.39 is 19.3 Å². The number of nitriles is 2. The Balaban J connectivity index is 2.44. The van der Waals surface area contributed by atoms with Crippen LogP contribution >= 0.6 is 0 Å². The van der Waals surface area contributed by atoms with Crippen LogP contribution in [0.3, 0.4) is 0 Å². The van der Waals surface area contributed by atoms with Crippen molar-refractivity contribution in [3.8, 4) is 12.1 Å². The van der Waals surface area contributed by atoms with Crippen LogP contribution < -0.4 is 0 Å². The maximum absolute atomic E-state index is 12.2. The minimum absolute atomic E-state index is 0.257. The van der Waals surface area contributed by atoms with Crippen molar-refractivity contribution in [1.29, 1.82) is 10.5 Å². The lowest BCUT2D eigenvalue weighted by Crippen LogP contribution is -2.46. The average molecular weight is 218 g/mol. The molecule has 2 unspecified atom stereocenters. The Kier molecular flexibility index (Phi) is 1.16. The maximum Gasteiger partial charge on any atom is 0.196 e. The van der Waals surface area contributed by atoms with Gasteiger partial charge in [-0.05, 0) is 12.2 Å². The molecule has 0 radical (unpaired) electrons. The highest BCUT2D eigenvalue weighted by molar-refractivity contribution is 7.95. The van der Waals surface area contributed by atoms with Crippen molar-refractivity contribution < 1.29 is 8.42 Å². The standard InChI is InChI=1S/C10H6N2O2S/c11-5-9-3-1-7-8(2-4-9)10(7,6-12)15(9,13)14/h1-4,7-8H. The first-order chi connectivity index (χ1) is 7.06. The second-order valence-corrected chi connectivity index (χ2v) is 6.44. The normalized spacial score (nSPS) is 51.6. The Bertz CT molecular complexity index is 580. The van der Waals surface area contributed by atoms with Gasteiger partial charge < -0.3 is 0 Å². The first-order valence-corrected chi connectivity index (χ1v) is 5.99. The van der Waals surface area contributed by atoms with Crippen LogP contribution in [0, 0.1) is 34.5 Å². The van der Waals surface area contributed by atoms with Gasteiger partial charge in [0.2, 0.25) is 0 Å². The highest BCUT2D eigenvalue weighted by atomic mass is 32.2. The molecule has 0 aromatic heterocycles. The first-order valence-electron chi connectivity index (χ1n) is 4.51. The molecule has 0 saturated heterocycles. The van der Waals surface area contributed by atoms with E-state index in [0.717, 1.165) is 0 Å². The van der Waals surface area contributed by atoms with E-state index >= 15 is 0 Å². The molecule has 5 heteroatoms. The molecule has 2 heterocycles. The number of sulfone groups is 1. The van der Waals surface area contributed by atoms with Gasteiger partial charge in [0.05, 0.1) is 12.1 Å². The number of hydrogen-bond acceptors (Lipinski definition) is 4. The van der Waals surface area contributed by atoms with E-state index in [-0.39, 0.29) is 11.8 Å². The summed E-state index contributed by atoms with van der Waals surface area (Å²) in [6.45, 7) is 0. The summed E-state index contributed by atoms with van der Waals surface area (Å²) in [4.78, 5) is 0. The van der Waals surface area contributed by atoms with E-state index in [4.69, 9.17) is 10.5 Å². The van der Waals surface area contributed by atoms with Gasteiger partial charge in [0.25, 0.3) is 0 Å². The van der Waals surface area contributed by atoms with Gasteiger partial charge in [-0.3, -0.25) is 0 Å². The van der Waals surface area contributed by atoms with Crippen molar-refractivity contribution in [2.45, 2.75) is 9.49 Å². The molecule has 3 aliphatic rings. The lowest BCUT2D eigenvalue weighted by Gasteiger charge is -2.27. The summed E-state index contributed by atoms with van der Waals surface area (Å²) in [5, 5.41) is 18.1. The molecular formula is C10H6N2O2S. The van der Waals surface area contributed by atoms with E-state index in [1.165, 1.54) is 12.2 Å². The van der Waals surface area contributed by atoms with Crippen LogP contribution in [0.2, 0.25) is 0 Å². The second-order valence-electron chi connectivity index (χ2n) is 4.08. The topological polar surface area (TPSA) is 81.7 Å². The summed E-state index contributed by atoms with van der Waals surface area (Å²) in [5.41, 5.74) is 0. The summed E-state index contributed by atoms with van der Waals surface area (Å²) >= 11 is 0. The second kappa shape index (κ2) is 2.00. The molecule has 15 heavy (non-hydrogen) atoms. The third kappa shape index (κ3) is 0.574. The fraction of sp³-hybridized carbons (Fsp3) is 0.400. The summed E-state index contributed by atoms with van der Waals surface area (Å²) in [6.07, 6.45) is 6.20. The minimum Gasteiger partial charge on any atom is -0.225 e. The molecule has 0 aromatic rings. The van der Waals surface area contributed by atoms with Gasteiger partial charge in [0.15, 0.2) is 19.3 Å². The van der Waals surface area contributed by atoms with Crippen LogP contribution in [0.1, 0.15) is 0 Å². The van der Waals surface area contributed by atoms with Crippen molar-refractivity contribution in [2.24, 2.45) is 11.8 Å². The van der Waals surface area contributed by atoms with Gasteiger partial charge in [0.1, 0.15) is 0 Å². The molecule has 0 N–H and O–H groups in total. The summed E-state index contributed by atoms with van der Waals surface area (Å²) in [7, 11) is -3.75. The molecule has 1 fully saturated rings. The zero-order valence-corrected chi connectivity index (χ0v) is 8.40. The van der Waals surface area contributed by atoms with E-state index in [2.05, 4.69) is 0 Å². The monoisotopic (exact) mass is 218 g/mol. The third-order valence-electron chi connectivity index (χ3n) is 3.61. The fourth-order valence-corrected chi connectivity index (χ4v) is 5.07. The van der Waals surface area contributed by atoms with Crippen LogP contribution in [-0.4, -0.2) is 17.9 Å². The predicted octanol–water partition coefficient (Wildman–Crippen LogP) is 0.312. The van der Waals surface area contributed by atoms with Crippen LogP contribution in [0.5, 0.6) is 0 Å². The quantitative estimate of drug-likeness (QED) is 0.548. The SMILES string of the molecule is N#CC12C=CC3C(C=C1)C3(C#N)S2(=O)=O. The van der Waals surface area contributed by atoms with Crippen LogP contribution in [0.15, 0.2) is 24.3 Å². The van der Waals surface area contributed by atoms with E-state index in [1.54, 1.807) is 18.2 Å². The molecule has 74 valence electrons. The van der Waals surface area contributed by atoms with Crippen LogP contribution in [0.25, 0.3) is 0 Å². The molecule has 4 nitrogen and oxygen atoms in total.